The second-order valence-electron chi connectivity index (χ2n) is 5.45. The maximum atomic E-state index is 5.42. The topological polar surface area (TPSA) is 42.3 Å². The second-order valence-corrected chi connectivity index (χ2v) is 5.45. The van der Waals surface area contributed by atoms with Crippen molar-refractivity contribution in [2.24, 2.45) is 7.05 Å². The van der Waals surface area contributed by atoms with E-state index in [4.69, 9.17) is 4.74 Å². The van der Waals surface area contributed by atoms with Gasteiger partial charge in [-0.05, 0) is 31.5 Å². The molecule has 0 bridgehead atoms. The summed E-state index contributed by atoms with van der Waals surface area (Å²) in [4.78, 5) is 2.12. The van der Waals surface area contributed by atoms with Crippen molar-refractivity contribution in [1.82, 2.24) is 9.78 Å². The van der Waals surface area contributed by atoms with Crippen LogP contribution in [0.5, 0.6) is 5.88 Å². The van der Waals surface area contributed by atoms with Crippen molar-refractivity contribution >= 4 is 11.4 Å². The van der Waals surface area contributed by atoms with Gasteiger partial charge in [-0.25, -0.2) is 4.68 Å². The quantitative estimate of drug-likeness (QED) is 0.918. The van der Waals surface area contributed by atoms with E-state index < -0.39 is 0 Å². The average Bonchev–Trinajstić information content (AvgIpc) is 2.71. The molecule has 1 N–H and O–H groups in total. The third-order valence-corrected chi connectivity index (χ3v) is 3.64. The Morgan fingerprint density at radius 3 is 2.62 bits per heavy atom. The first-order valence-corrected chi connectivity index (χ1v) is 7.02. The van der Waals surface area contributed by atoms with E-state index in [0.717, 1.165) is 22.8 Å². The molecular weight excluding hydrogens is 264 g/mol. The van der Waals surface area contributed by atoms with Gasteiger partial charge in [0.25, 0.3) is 0 Å². The Bertz CT molecular complexity index is 631. The Hall–Kier alpha value is -2.17. The van der Waals surface area contributed by atoms with Gasteiger partial charge in [0, 0.05) is 39.1 Å². The largest absolute Gasteiger partial charge is 0.481 e. The van der Waals surface area contributed by atoms with Crippen LogP contribution in [0.25, 0.3) is 0 Å². The molecule has 0 saturated heterocycles. The zero-order chi connectivity index (χ0) is 15.6. The lowest BCUT2D eigenvalue weighted by Gasteiger charge is -2.17. The van der Waals surface area contributed by atoms with Crippen LogP contribution in [-0.4, -0.2) is 31.0 Å². The Kier molecular flexibility index (Phi) is 4.40. The summed E-state index contributed by atoms with van der Waals surface area (Å²) in [6.07, 6.45) is 0. The first kappa shape index (κ1) is 15.2. The fourth-order valence-corrected chi connectivity index (χ4v) is 2.53. The normalized spacial score (nSPS) is 10.6. The second kappa shape index (κ2) is 6.08. The van der Waals surface area contributed by atoms with Crippen LogP contribution in [-0.2, 0) is 13.6 Å². The maximum Gasteiger partial charge on any atom is 0.216 e. The van der Waals surface area contributed by atoms with Gasteiger partial charge in [-0.1, -0.05) is 6.07 Å². The van der Waals surface area contributed by atoms with Crippen molar-refractivity contribution < 1.29 is 4.74 Å². The van der Waals surface area contributed by atoms with Gasteiger partial charge in [0.1, 0.15) is 0 Å². The van der Waals surface area contributed by atoms with Crippen molar-refractivity contribution in [3.8, 4) is 5.88 Å². The van der Waals surface area contributed by atoms with Gasteiger partial charge in [-0.15, -0.1) is 0 Å². The summed E-state index contributed by atoms with van der Waals surface area (Å²) < 4.78 is 7.19. The van der Waals surface area contributed by atoms with E-state index in [1.807, 2.05) is 14.0 Å². The highest BCUT2D eigenvalue weighted by Crippen LogP contribution is 2.25. The molecule has 0 fully saturated rings. The monoisotopic (exact) mass is 288 g/mol. The van der Waals surface area contributed by atoms with Crippen LogP contribution in [0, 0.1) is 13.8 Å². The minimum absolute atomic E-state index is 0.693. The molecule has 21 heavy (non-hydrogen) atoms. The molecule has 0 aliphatic heterocycles. The molecule has 1 aromatic heterocycles. The van der Waals surface area contributed by atoms with Crippen molar-refractivity contribution in [2.45, 2.75) is 20.4 Å². The fraction of sp³-hybridized carbons (Fsp3) is 0.438. The van der Waals surface area contributed by atoms with Crippen LogP contribution in [0.3, 0.4) is 0 Å². The van der Waals surface area contributed by atoms with E-state index in [1.54, 1.807) is 11.8 Å². The van der Waals surface area contributed by atoms with E-state index in [0.29, 0.717) is 6.54 Å². The van der Waals surface area contributed by atoms with Crippen molar-refractivity contribution in [3.05, 3.63) is 35.0 Å². The van der Waals surface area contributed by atoms with Crippen LogP contribution in [0.4, 0.5) is 11.4 Å². The third-order valence-electron chi connectivity index (χ3n) is 3.64. The number of aryl methyl sites for hydroxylation is 3. The molecule has 114 valence electrons. The number of anilines is 2. The van der Waals surface area contributed by atoms with E-state index in [9.17, 15) is 0 Å². The number of rotatable bonds is 5. The molecule has 5 nitrogen and oxygen atoms in total. The maximum absolute atomic E-state index is 5.42. The zero-order valence-electron chi connectivity index (χ0n) is 13.7. The number of nitrogens with zero attached hydrogens (tertiary/aromatic N) is 3. The van der Waals surface area contributed by atoms with Gasteiger partial charge in [0.05, 0.1) is 18.4 Å². The Morgan fingerprint density at radius 1 is 1.29 bits per heavy atom. The summed E-state index contributed by atoms with van der Waals surface area (Å²) in [7, 11) is 7.68. The molecule has 0 saturated carbocycles. The van der Waals surface area contributed by atoms with Gasteiger partial charge < -0.3 is 15.0 Å². The summed E-state index contributed by atoms with van der Waals surface area (Å²) in [5, 5.41) is 7.85. The fourth-order valence-electron chi connectivity index (χ4n) is 2.53. The molecule has 2 aromatic rings. The summed E-state index contributed by atoms with van der Waals surface area (Å²) in [6.45, 7) is 4.81. The van der Waals surface area contributed by atoms with E-state index in [-0.39, 0.29) is 0 Å². The number of ether oxygens (including phenoxy) is 1. The highest BCUT2D eigenvalue weighted by molar-refractivity contribution is 5.62. The standard InChI is InChI=1S/C16H24N4O/c1-11-7-8-13(9-15(11)19(3)4)17-10-14-12(2)18-20(5)16(14)21-6/h7-9,17H,10H2,1-6H3. The van der Waals surface area contributed by atoms with Crippen LogP contribution >= 0.6 is 0 Å². The van der Waals surface area contributed by atoms with Gasteiger partial charge in [-0.2, -0.15) is 5.10 Å². The van der Waals surface area contributed by atoms with E-state index in [1.165, 1.54) is 11.3 Å². The van der Waals surface area contributed by atoms with E-state index >= 15 is 0 Å². The number of nitrogens with one attached hydrogen (secondary N) is 1. The molecule has 0 spiro atoms. The highest BCUT2D eigenvalue weighted by atomic mass is 16.5. The molecule has 1 heterocycles. The summed E-state index contributed by atoms with van der Waals surface area (Å²) in [5.74, 6) is 0.806. The van der Waals surface area contributed by atoms with Gasteiger partial charge >= 0.3 is 0 Å². The molecule has 0 atom stereocenters. The van der Waals surface area contributed by atoms with Crippen LogP contribution in [0.15, 0.2) is 18.2 Å². The number of aromatic nitrogens is 2. The number of benzene rings is 1. The Morgan fingerprint density at radius 2 is 2.00 bits per heavy atom. The first-order valence-electron chi connectivity index (χ1n) is 7.02. The van der Waals surface area contributed by atoms with Gasteiger partial charge in [-0.3, -0.25) is 0 Å². The lowest BCUT2D eigenvalue weighted by molar-refractivity contribution is 0.370. The molecule has 0 radical (unpaired) electrons. The minimum Gasteiger partial charge on any atom is -0.481 e. The Labute approximate surface area is 126 Å². The molecule has 5 heteroatoms. The minimum atomic E-state index is 0.693. The zero-order valence-corrected chi connectivity index (χ0v) is 13.7. The molecule has 0 aliphatic rings. The van der Waals surface area contributed by atoms with Crippen molar-refractivity contribution in [3.63, 3.8) is 0 Å². The summed E-state index contributed by atoms with van der Waals surface area (Å²) in [6, 6.07) is 6.39. The van der Waals surface area contributed by atoms with E-state index in [2.05, 4.69) is 54.5 Å². The number of methoxy groups -OCH3 is 1. The van der Waals surface area contributed by atoms with Crippen molar-refractivity contribution in [2.75, 3.05) is 31.4 Å². The molecule has 0 aliphatic carbocycles. The molecule has 0 unspecified atom stereocenters. The van der Waals surface area contributed by atoms with Crippen LogP contribution in [0.1, 0.15) is 16.8 Å². The lowest BCUT2D eigenvalue weighted by atomic mass is 10.1. The van der Waals surface area contributed by atoms with Crippen LogP contribution in [0.2, 0.25) is 0 Å². The predicted octanol–water partition coefficient (Wildman–Crippen LogP) is 2.72. The molecule has 2 rings (SSSR count). The molecular formula is C16H24N4O. The van der Waals surface area contributed by atoms with Crippen LogP contribution < -0.4 is 15.0 Å². The lowest BCUT2D eigenvalue weighted by Crippen LogP contribution is -2.11. The van der Waals surface area contributed by atoms with Crippen molar-refractivity contribution in [1.29, 1.82) is 0 Å². The predicted molar refractivity (Wildman–Crippen MR) is 87.3 cm³/mol. The Balaban J connectivity index is 2.19. The molecule has 1 aromatic carbocycles. The SMILES string of the molecule is COc1c(CNc2ccc(C)c(N(C)C)c2)c(C)nn1C. The first-order chi connectivity index (χ1) is 9.93. The van der Waals surface area contributed by atoms with Gasteiger partial charge in [0.15, 0.2) is 0 Å². The summed E-state index contributed by atoms with van der Waals surface area (Å²) in [5.41, 5.74) is 5.65. The highest BCUT2D eigenvalue weighted by Gasteiger charge is 2.13. The average molecular weight is 288 g/mol. The summed E-state index contributed by atoms with van der Waals surface area (Å²) >= 11 is 0. The number of hydrogen-bond donors (Lipinski definition) is 1. The molecule has 0 amide bonds. The van der Waals surface area contributed by atoms with Gasteiger partial charge in [0.2, 0.25) is 5.88 Å². The smallest absolute Gasteiger partial charge is 0.216 e. The third kappa shape index (κ3) is 3.12. The number of hydrogen-bond acceptors (Lipinski definition) is 4.